The molecule has 8 heteroatoms. The fourth-order valence-corrected chi connectivity index (χ4v) is 5.67. The van der Waals surface area contributed by atoms with Crippen LogP contribution in [0.5, 0.6) is 11.5 Å². The smallest absolute Gasteiger partial charge is 0.191 e. The van der Waals surface area contributed by atoms with Gasteiger partial charge in [-0.3, -0.25) is 4.99 Å². The third kappa shape index (κ3) is 6.59. The molecule has 2 aliphatic rings. The molecule has 0 radical (unpaired) electrons. The van der Waals surface area contributed by atoms with Crippen LogP contribution < -0.4 is 20.1 Å². The van der Waals surface area contributed by atoms with E-state index in [1.54, 1.807) is 14.2 Å². The van der Waals surface area contributed by atoms with Crippen molar-refractivity contribution in [2.24, 2.45) is 4.99 Å². The van der Waals surface area contributed by atoms with Crippen molar-refractivity contribution in [1.82, 2.24) is 10.6 Å². The molecule has 32 heavy (non-hydrogen) atoms. The molecule has 0 atom stereocenters. The molecule has 1 saturated carbocycles. The number of benzene rings is 1. The quantitative estimate of drug-likeness (QED) is 0.268. The second-order valence-corrected chi connectivity index (χ2v) is 9.96. The Hall–Kier alpha value is -0.870. The lowest BCUT2D eigenvalue weighted by atomic mass is 9.69. The monoisotopic (exact) mass is 577 g/mol. The molecule has 1 aliphatic heterocycles. The van der Waals surface area contributed by atoms with Gasteiger partial charge in [-0.1, -0.05) is 25.3 Å². The summed E-state index contributed by atoms with van der Waals surface area (Å²) in [6.45, 7) is 3.45. The first-order chi connectivity index (χ1) is 15.1. The third-order valence-corrected chi connectivity index (χ3v) is 8.46. The third-order valence-electron chi connectivity index (χ3n) is 7.04. The van der Waals surface area contributed by atoms with Crippen LogP contribution in [0.15, 0.2) is 23.2 Å². The van der Waals surface area contributed by atoms with Crippen molar-refractivity contribution in [3.8, 4) is 11.5 Å². The van der Waals surface area contributed by atoms with Crippen molar-refractivity contribution in [1.29, 1.82) is 0 Å². The number of nitrogens with zero attached hydrogens (tertiary/aromatic N) is 1. The number of aliphatic imine (C=N–C) groups is 1. The lowest BCUT2D eigenvalue weighted by Crippen LogP contribution is -2.50. The Morgan fingerprint density at radius 1 is 1.00 bits per heavy atom. The van der Waals surface area contributed by atoms with Gasteiger partial charge in [0, 0.05) is 43.5 Å². The van der Waals surface area contributed by atoms with Crippen LogP contribution in [-0.2, 0) is 10.2 Å². The standard InChI is InChI=1S/C24H39N3O3S.HI/c1-25-22(27-18-24(31-4)12-14-30-15-13-24)26-17-23(10-6-5-7-11-23)19-8-9-20(28-2)21(16-19)29-3;/h8-9,16H,5-7,10-15,17-18H2,1-4H3,(H2,25,26,27);1H. The Balaban J connectivity index is 0.00000363. The minimum atomic E-state index is 0. The van der Waals surface area contributed by atoms with Crippen LogP contribution in [-0.4, -0.2) is 64.5 Å². The summed E-state index contributed by atoms with van der Waals surface area (Å²) in [7, 11) is 5.25. The van der Waals surface area contributed by atoms with Crippen LogP contribution in [0.1, 0.15) is 50.5 Å². The first-order valence-corrected chi connectivity index (χ1v) is 12.6. The summed E-state index contributed by atoms with van der Waals surface area (Å²) in [4.78, 5) is 4.52. The van der Waals surface area contributed by atoms with Crippen molar-refractivity contribution in [3.05, 3.63) is 23.8 Å². The number of guanidine groups is 1. The van der Waals surface area contributed by atoms with Crippen LogP contribution >= 0.6 is 35.7 Å². The van der Waals surface area contributed by atoms with Crippen molar-refractivity contribution in [2.75, 3.05) is 53.8 Å². The Morgan fingerprint density at radius 3 is 2.25 bits per heavy atom. The maximum Gasteiger partial charge on any atom is 0.191 e. The molecule has 0 aromatic heterocycles. The molecule has 0 unspecified atom stereocenters. The van der Waals surface area contributed by atoms with Crippen LogP contribution in [0, 0.1) is 0 Å². The summed E-state index contributed by atoms with van der Waals surface area (Å²) < 4.78 is 16.9. The van der Waals surface area contributed by atoms with Gasteiger partial charge >= 0.3 is 0 Å². The normalized spacial score (nSPS) is 20.1. The summed E-state index contributed by atoms with van der Waals surface area (Å²) in [5.41, 5.74) is 1.39. The van der Waals surface area contributed by atoms with Gasteiger partial charge in [0.05, 0.1) is 14.2 Å². The van der Waals surface area contributed by atoms with Gasteiger partial charge < -0.3 is 24.8 Å². The van der Waals surface area contributed by atoms with Crippen molar-refractivity contribution in [3.63, 3.8) is 0 Å². The van der Waals surface area contributed by atoms with Gasteiger partial charge in [0.1, 0.15) is 0 Å². The molecule has 6 nitrogen and oxygen atoms in total. The van der Waals surface area contributed by atoms with E-state index in [0.29, 0.717) is 0 Å². The average Bonchev–Trinajstić information content (AvgIpc) is 2.84. The fourth-order valence-electron chi connectivity index (χ4n) is 4.88. The molecule has 0 bridgehead atoms. The Kier molecular flexibility index (Phi) is 11.2. The molecule has 0 spiro atoms. The van der Waals surface area contributed by atoms with E-state index in [0.717, 1.165) is 56.6 Å². The highest BCUT2D eigenvalue weighted by Crippen LogP contribution is 2.42. The van der Waals surface area contributed by atoms with E-state index in [4.69, 9.17) is 14.2 Å². The molecular formula is C24H40IN3O3S. The number of nitrogens with one attached hydrogen (secondary N) is 2. The van der Waals surface area contributed by atoms with E-state index in [2.05, 4.69) is 34.0 Å². The van der Waals surface area contributed by atoms with Crippen molar-refractivity contribution in [2.45, 2.75) is 55.1 Å². The molecule has 1 aromatic rings. The van der Waals surface area contributed by atoms with E-state index < -0.39 is 0 Å². The first-order valence-electron chi connectivity index (χ1n) is 11.4. The highest BCUT2D eigenvalue weighted by molar-refractivity contribution is 14.0. The molecule has 0 amide bonds. The lowest BCUT2D eigenvalue weighted by Gasteiger charge is -2.39. The van der Waals surface area contributed by atoms with E-state index in [1.165, 1.54) is 37.7 Å². The van der Waals surface area contributed by atoms with Crippen LogP contribution in [0.25, 0.3) is 0 Å². The van der Waals surface area contributed by atoms with E-state index in [9.17, 15) is 0 Å². The van der Waals surface area contributed by atoms with Gasteiger partial charge in [-0.2, -0.15) is 11.8 Å². The molecule has 3 rings (SSSR count). The predicted molar refractivity (Wildman–Crippen MR) is 145 cm³/mol. The van der Waals surface area contributed by atoms with Crippen LogP contribution in [0.4, 0.5) is 0 Å². The maximum absolute atomic E-state index is 5.59. The number of ether oxygens (including phenoxy) is 3. The van der Waals surface area contributed by atoms with Crippen molar-refractivity contribution >= 4 is 41.7 Å². The highest BCUT2D eigenvalue weighted by Gasteiger charge is 2.35. The van der Waals surface area contributed by atoms with Gasteiger partial charge in [0.25, 0.3) is 0 Å². The first kappa shape index (κ1) is 27.4. The number of methoxy groups -OCH3 is 2. The van der Waals surface area contributed by atoms with Gasteiger partial charge in [0.2, 0.25) is 0 Å². The van der Waals surface area contributed by atoms with Gasteiger partial charge in [-0.25, -0.2) is 0 Å². The Morgan fingerprint density at radius 2 is 1.66 bits per heavy atom. The van der Waals surface area contributed by atoms with Gasteiger partial charge in [-0.05, 0) is 49.6 Å². The highest BCUT2D eigenvalue weighted by atomic mass is 127. The zero-order valence-corrected chi connectivity index (χ0v) is 23.1. The molecule has 1 saturated heterocycles. The minimum absolute atomic E-state index is 0. The molecular weight excluding hydrogens is 537 g/mol. The predicted octanol–water partition coefficient (Wildman–Crippen LogP) is 4.60. The largest absolute Gasteiger partial charge is 0.493 e. The second kappa shape index (κ2) is 13.1. The Bertz CT molecular complexity index is 735. The SMILES string of the molecule is CN=C(NCC1(SC)CCOCC1)NCC1(c2ccc(OC)c(OC)c2)CCCCC1.I. The minimum Gasteiger partial charge on any atom is -0.493 e. The number of hydrogen-bond donors (Lipinski definition) is 2. The topological polar surface area (TPSA) is 64.1 Å². The van der Waals surface area contributed by atoms with Gasteiger partial charge in [0.15, 0.2) is 17.5 Å². The summed E-state index contributed by atoms with van der Waals surface area (Å²) in [6.07, 6.45) is 10.5. The second-order valence-electron chi connectivity index (χ2n) is 8.69. The van der Waals surface area contributed by atoms with Crippen molar-refractivity contribution < 1.29 is 14.2 Å². The average molecular weight is 578 g/mol. The molecule has 1 aromatic carbocycles. The number of halogens is 1. The number of thioether (sulfide) groups is 1. The number of rotatable bonds is 8. The van der Waals surface area contributed by atoms with E-state index >= 15 is 0 Å². The Labute approximate surface area is 215 Å². The fraction of sp³-hybridized carbons (Fsp3) is 0.708. The molecule has 2 N–H and O–H groups in total. The molecule has 2 fully saturated rings. The molecule has 182 valence electrons. The zero-order chi connectivity index (χ0) is 22.2. The summed E-state index contributed by atoms with van der Waals surface area (Å²) in [6, 6.07) is 6.40. The molecule has 1 aliphatic carbocycles. The van der Waals surface area contributed by atoms with E-state index in [1.807, 2.05) is 24.9 Å². The zero-order valence-electron chi connectivity index (χ0n) is 20.0. The van der Waals surface area contributed by atoms with Gasteiger partial charge in [-0.15, -0.1) is 24.0 Å². The van der Waals surface area contributed by atoms with E-state index in [-0.39, 0.29) is 34.1 Å². The molecule has 1 heterocycles. The summed E-state index contributed by atoms with van der Waals surface area (Å²) in [5.74, 6) is 2.46. The maximum atomic E-state index is 5.59. The van der Waals surface area contributed by atoms with Crippen LogP contribution in [0.3, 0.4) is 0 Å². The van der Waals surface area contributed by atoms with Crippen LogP contribution in [0.2, 0.25) is 0 Å². The summed E-state index contributed by atoms with van der Waals surface area (Å²) in [5, 5.41) is 7.25. The lowest BCUT2D eigenvalue weighted by molar-refractivity contribution is 0.0782. The number of hydrogen-bond acceptors (Lipinski definition) is 5. The summed E-state index contributed by atoms with van der Waals surface area (Å²) >= 11 is 1.94.